The molecule has 0 unspecified atom stereocenters. The Labute approximate surface area is 161 Å². The van der Waals surface area contributed by atoms with Gasteiger partial charge in [0.15, 0.2) is 0 Å². The SMILES string of the molecule is Cc1cccc(N2CCN(c3nc4ccccn4c(=O)c3[N+](=O)[O-])CC2)c1C. The summed E-state index contributed by atoms with van der Waals surface area (Å²) in [6.07, 6.45) is 1.50. The Balaban J connectivity index is 1.67. The van der Waals surface area contributed by atoms with Crippen LogP contribution in [0.5, 0.6) is 0 Å². The van der Waals surface area contributed by atoms with Gasteiger partial charge in [0.05, 0.1) is 4.92 Å². The fourth-order valence-electron chi connectivity index (χ4n) is 3.69. The molecule has 0 radical (unpaired) electrons. The maximum Gasteiger partial charge on any atom is 0.376 e. The summed E-state index contributed by atoms with van der Waals surface area (Å²) in [4.78, 5) is 32.2. The van der Waals surface area contributed by atoms with E-state index in [-0.39, 0.29) is 5.82 Å². The average Bonchev–Trinajstić information content (AvgIpc) is 2.70. The molecule has 28 heavy (non-hydrogen) atoms. The molecular weight excluding hydrogens is 358 g/mol. The van der Waals surface area contributed by atoms with Gasteiger partial charge in [0, 0.05) is 38.1 Å². The van der Waals surface area contributed by atoms with Crippen molar-refractivity contribution in [3.05, 3.63) is 74.2 Å². The van der Waals surface area contributed by atoms with Crippen molar-refractivity contribution in [3.63, 3.8) is 0 Å². The zero-order valence-electron chi connectivity index (χ0n) is 15.8. The van der Waals surface area contributed by atoms with Gasteiger partial charge < -0.3 is 9.80 Å². The largest absolute Gasteiger partial charge is 0.376 e. The molecule has 0 N–H and O–H groups in total. The first kappa shape index (κ1) is 18.0. The van der Waals surface area contributed by atoms with Crippen molar-refractivity contribution < 1.29 is 4.92 Å². The molecule has 144 valence electrons. The summed E-state index contributed by atoms with van der Waals surface area (Å²) in [6, 6.07) is 11.3. The van der Waals surface area contributed by atoms with E-state index < -0.39 is 16.2 Å². The summed E-state index contributed by atoms with van der Waals surface area (Å²) in [7, 11) is 0. The van der Waals surface area contributed by atoms with Crippen molar-refractivity contribution in [1.82, 2.24) is 9.38 Å². The number of hydrogen-bond donors (Lipinski definition) is 0. The van der Waals surface area contributed by atoms with Crippen LogP contribution in [0, 0.1) is 24.0 Å². The van der Waals surface area contributed by atoms with Gasteiger partial charge in [0.1, 0.15) is 5.65 Å². The summed E-state index contributed by atoms with van der Waals surface area (Å²) in [5, 5.41) is 11.6. The molecule has 1 aliphatic heterocycles. The number of rotatable bonds is 3. The van der Waals surface area contributed by atoms with E-state index in [0.29, 0.717) is 31.8 Å². The molecule has 1 saturated heterocycles. The standard InChI is InChI=1S/C20H21N5O3/c1-14-6-5-7-16(15(14)2)22-10-12-23(13-11-22)19-18(25(27)28)20(26)24-9-4-3-8-17(24)21-19/h3-9H,10-13H2,1-2H3. The van der Waals surface area contributed by atoms with E-state index in [9.17, 15) is 14.9 Å². The third kappa shape index (κ3) is 2.96. The molecule has 2 aromatic heterocycles. The first-order valence-corrected chi connectivity index (χ1v) is 9.19. The van der Waals surface area contributed by atoms with Gasteiger partial charge in [0.2, 0.25) is 5.82 Å². The van der Waals surface area contributed by atoms with Crippen molar-refractivity contribution in [2.24, 2.45) is 0 Å². The second-order valence-electron chi connectivity index (χ2n) is 6.97. The molecule has 1 fully saturated rings. The summed E-state index contributed by atoms with van der Waals surface area (Å²) in [5.41, 5.74) is 2.95. The summed E-state index contributed by atoms with van der Waals surface area (Å²) in [5.74, 6) is 0.154. The van der Waals surface area contributed by atoms with Crippen molar-refractivity contribution in [2.45, 2.75) is 13.8 Å². The second kappa shape index (κ2) is 6.95. The smallest absolute Gasteiger partial charge is 0.368 e. The predicted molar refractivity (Wildman–Crippen MR) is 108 cm³/mol. The van der Waals surface area contributed by atoms with E-state index in [2.05, 4.69) is 35.9 Å². The second-order valence-corrected chi connectivity index (χ2v) is 6.97. The van der Waals surface area contributed by atoms with Crippen LogP contribution in [-0.2, 0) is 0 Å². The molecule has 3 heterocycles. The minimum atomic E-state index is -0.650. The summed E-state index contributed by atoms with van der Waals surface area (Å²) < 4.78 is 1.22. The van der Waals surface area contributed by atoms with Gasteiger partial charge in [-0.3, -0.25) is 19.3 Å². The molecular formula is C20H21N5O3. The lowest BCUT2D eigenvalue weighted by Crippen LogP contribution is -2.47. The van der Waals surface area contributed by atoms with Crippen molar-refractivity contribution in [1.29, 1.82) is 0 Å². The summed E-state index contributed by atoms with van der Waals surface area (Å²) in [6.45, 7) is 6.72. The molecule has 3 aromatic rings. The van der Waals surface area contributed by atoms with Gasteiger partial charge in [-0.1, -0.05) is 18.2 Å². The molecule has 0 saturated carbocycles. The summed E-state index contributed by atoms with van der Waals surface area (Å²) >= 11 is 0. The molecule has 4 rings (SSSR count). The van der Waals surface area contributed by atoms with Gasteiger partial charge in [-0.2, -0.15) is 0 Å². The zero-order chi connectivity index (χ0) is 19.8. The maximum absolute atomic E-state index is 12.6. The van der Waals surface area contributed by atoms with E-state index in [1.807, 2.05) is 11.0 Å². The lowest BCUT2D eigenvalue weighted by Gasteiger charge is -2.37. The maximum atomic E-state index is 12.6. The fourth-order valence-corrected chi connectivity index (χ4v) is 3.69. The van der Waals surface area contributed by atoms with Gasteiger partial charge in [0.25, 0.3) is 0 Å². The molecule has 8 heteroatoms. The monoisotopic (exact) mass is 379 g/mol. The van der Waals surface area contributed by atoms with Crippen molar-refractivity contribution in [3.8, 4) is 0 Å². The van der Waals surface area contributed by atoms with Gasteiger partial charge in [-0.15, -0.1) is 0 Å². The molecule has 1 aromatic carbocycles. The van der Waals surface area contributed by atoms with Crippen LogP contribution in [0.2, 0.25) is 0 Å². The van der Waals surface area contributed by atoms with Crippen molar-refractivity contribution >= 4 is 22.8 Å². The molecule has 0 atom stereocenters. The third-order valence-corrected chi connectivity index (χ3v) is 5.37. The van der Waals surface area contributed by atoms with Gasteiger partial charge in [-0.05, 0) is 43.2 Å². The third-order valence-electron chi connectivity index (χ3n) is 5.37. The van der Waals surface area contributed by atoms with Crippen molar-refractivity contribution in [2.75, 3.05) is 36.0 Å². The van der Waals surface area contributed by atoms with Crippen LogP contribution >= 0.6 is 0 Å². The number of nitrogens with zero attached hydrogens (tertiary/aromatic N) is 5. The number of anilines is 2. The number of aromatic nitrogens is 2. The highest BCUT2D eigenvalue weighted by Crippen LogP contribution is 2.27. The van der Waals surface area contributed by atoms with Crippen LogP contribution in [0.3, 0.4) is 0 Å². The first-order valence-electron chi connectivity index (χ1n) is 9.19. The first-order chi connectivity index (χ1) is 13.5. The number of piperazine rings is 1. The Kier molecular flexibility index (Phi) is 4.46. The average molecular weight is 379 g/mol. The Bertz CT molecular complexity index is 1120. The Morgan fingerprint density at radius 3 is 2.43 bits per heavy atom. The quantitative estimate of drug-likeness (QED) is 0.514. The van der Waals surface area contributed by atoms with Crippen LogP contribution in [0.15, 0.2) is 47.4 Å². The number of nitro groups is 1. The lowest BCUT2D eigenvalue weighted by molar-refractivity contribution is -0.385. The molecule has 0 spiro atoms. The predicted octanol–water partition coefficient (Wildman–Crippen LogP) is 2.55. The van der Waals surface area contributed by atoms with E-state index in [4.69, 9.17) is 0 Å². The van der Waals surface area contributed by atoms with Gasteiger partial charge in [-0.25, -0.2) is 4.98 Å². The normalized spacial score (nSPS) is 14.5. The topological polar surface area (TPSA) is 84.0 Å². The minimum Gasteiger partial charge on any atom is -0.368 e. The molecule has 0 bridgehead atoms. The molecule has 1 aliphatic rings. The number of hydrogen-bond acceptors (Lipinski definition) is 6. The number of benzene rings is 1. The van der Waals surface area contributed by atoms with E-state index >= 15 is 0 Å². The van der Waals surface area contributed by atoms with Crippen LogP contribution in [0.4, 0.5) is 17.2 Å². The highest BCUT2D eigenvalue weighted by atomic mass is 16.6. The Morgan fingerprint density at radius 2 is 1.71 bits per heavy atom. The number of aryl methyl sites for hydroxylation is 1. The number of pyridine rings is 1. The number of fused-ring (bicyclic) bond motifs is 1. The van der Waals surface area contributed by atoms with Crippen LogP contribution < -0.4 is 15.4 Å². The van der Waals surface area contributed by atoms with Gasteiger partial charge >= 0.3 is 11.2 Å². The van der Waals surface area contributed by atoms with E-state index in [1.54, 1.807) is 18.2 Å². The Morgan fingerprint density at radius 1 is 1.00 bits per heavy atom. The van der Waals surface area contributed by atoms with E-state index in [1.165, 1.54) is 27.4 Å². The molecule has 0 aliphatic carbocycles. The molecule has 0 amide bonds. The van der Waals surface area contributed by atoms with Crippen LogP contribution in [0.1, 0.15) is 11.1 Å². The van der Waals surface area contributed by atoms with Crippen LogP contribution in [0.25, 0.3) is 5.65 Å². The van der Waals surface area contributed by atoms with E-state index in [0.717, 1.165) is 0 Å². The Hall–Kier alpha value is -3.42. The lowest BCUT2D eigenvalue weighted by atomic mass is 10.1. The highest BCUT2D eigenvalue weighted by molar-refractivity contribution is 5.63. The zero-order valence-corrected chi connectivity index (χ0v) is 15.8. The minimum absolute atomic E-state index is 0.154. The fraction of sp³-hybridized carbons (Fsp3) is 0.300. The van der Waals surface area contributed by atoms with Crippen LogP contribution in [-0.4, -0.2) is 40.5 Å². The molecule has 8 nitrogen and oxygen atoms in total. The highest BCUT2D eigenvalue weighted by Gasteiger charge is 2.30.